The number of nitrogens with one attached hydrogen (secondary N) is 2. The predicted octanol–water partition coefficient (Wildman–Crippen LogP) is 3.49. The van der Waals surface area contributed by atoms with Crippen molar-refractivity contribution in [3.8, 4) is 0 Å². The van der Waals surface area contributed by atoms with Gasteiger partial charge in [-0.3, -0.25) is 14.4 Å². The molecular weight excluding hydrogens is 506 g/mol. The van der Waals surface area contributed by atoms with Crippen LogP contribution in [0.5, 0.6) is 0 Å². The van der Waals surface area contributed by atoms with Gasteiger partial charge in [0, 0.05) is 20.1 Å². The summed E-state index contributed by atoms with van der Waals surface area (Å²) in [6.45, 7) is 9.77. The number of sulfonamides is 1. The lowest BCUT2D eigenvalue weighted by Crippen LogP contribution is -2.50. The van der Waals surface area contributed by atoms with Gasteiger partial charge in [0.15, 0.2) is 0 Å². The number of benzene rings is 1. The van der Waals surface area contributed by atoms with Crippen LogP contribution in [0.25, 0.3) is 0 Å². The van der Waals surface area contributed by atoms with Crippen molar-refractivity contribution in [1.29, 1.82) is 0 Å². The number of amides is 2. The molecule has 1 saturated heterocycles. The standard InChI is InChI=1S/C28H45N3O6S/c1-20(2)19-23-22(27(34)37-28(3,4)5)15-12-18-31(38(35,36)21-13-8-7-9-14-21)17-11-10-16-24(26(33)29-6)30-25(23)32/h7-9,13-14,20,22-24H,10-12,15-19H2,1-6H3,(H,29,33)(H,30,32)/t22-,23?,24?/m0/s1. The van der Waals surface area contributed by atoms with Gasteiger partial charge in [0.25, 0.3) is 0 Å². The maximum atomic E-state index is 13.6. The van der Waals surface area contributed by atoms with Crippen LogP contribution in [-0.4, -0.2) is 62.3 Å². The van der Waals surface area contributed by atoms with Crippen molar-refractivity contribution in [1.82, 2.24) is 14.9 Å². The maximum Gasteiger partial charge on any atom is 0.310 e. The zero-order valence-electron chi connectivity index (χ0n) is 23.7. The number of carbonyl (C=O) groups is 3. The number of rotatable bonds is 6. The van der Waals surface area contributed by atoms with E-state index in [1.54, 1.807) is 51.1 Å². The Morgan fingerprint density at radius 2 is 1.71 bits per heavy atom. The van der Waals surface area contributed by atoms with Crippen LogP contribution in [-0.2, 0) is 29.1 Å². The number of nitrogens with zero attached hydrogens (tertiary/aromatic N) is 1. The summed E-state index contributed by atoms with van der Waals surface area (Å²) >= 11 is 0. The topological polar surface area (TPSA) is 122 Å². The SMILES string of the molecule is CNC(=O)C1CCCCN(S(=O)(=O)c2ccccc2)CCC[C@H](C(=O)OC(C)(C)C)C(CC(C)C)C(=O)N1. The Kier molecular flexibility index (Phi) is 11.8. The summed E-state index contributed by atoms with van der Waals surface area (Å²) in [5.41, 5.74) is -0.746. The van der Waals surface area contributed by atoms with E-state index in [4.69, 9.17) is 4.74 Å². The molecule has 0 radical (unpaired) electrons. The molecule has 1 heterocycles. The van der Waals surface area contributed by atoms with E-state index in [1.807, 2.05) is 13.8 Å². The van der Waals surface area contributed by atoms with Crippen LogP contribution in [0.4, 0.5) is 0 Å². The van der Waals surface area contributed by atoms with E-state index in [0.717, 1.165) is 0 Å². The lowest BCUT2D eigenvalue weighted by molar-refractivity contribution is -0.164. The summed E-state index contributed by atoms with van der Waals surface area (Å²) in [4.78, 5) is 39.8. The second-order valence-electron chi connectivity index (χ2n) is 11.4. The second-order valence-corrected chi connectivity index (χ2v) is 13.3. The first-order valence-corrected chi connectivity index (χ1v) is 15.0. The summed E-state index contributed by atoms with van der Waals surface area (Å²) in [6.07, 6.45) is 2.53. The van der Waals surface area contributed by atoms with Crippen LogP contribution in [0.2, 0.25) is 0 Å². The molecular formula is C28H45N3O6S. The number of hydrogen-bond acceptors (Lipinski definition) is 6. The average Bonchev–Trinajstić information content (AvgIpc) is 2.85. The number of ether oxygens (including phenoxy) is 1. The van der Waals surface area contributed by atoms with E-state index >= 15 is 0 Å². The Hall–Kier alpha value is -2.46. The molecule has 2 N–H and O–H groups in total. The second kappa shape index (κ2) is 14.1. The molecule has 38 heavy (non-hydrogen) atoms. The number of esters is 1. The Morgan fingerprint density at radius 1 is 1.08 bits per heavy atom. The van der Waals surface area contributed by atoms with Gasteiger partial charge in [-0.1, -0.05) is 32.0 Å². The van der Waals surface area contributed by atoms with Gasteiger partial charge in [0.1, 0.15) is 11.6 Å². The van der Waals surface area contributed by atoms with Crippen molar-refractivity contribution < 1.29 is 27.5 Å². The smallest absolute Gasteiger partial charge is 0.310 e. The van der Waals surface area contributed by atoms with Crippen LogP contribution in [0.15, 0.2) is 35.2 Å². The number of carbonyl (C=O) groups excluding carboxylic acids is 3. The van der Waals surface area contributed by atoms with Gasteiger partial charge in [-0.15, -0.1) is 0 Å². The molecule has 0 aromatic heterocycles. The number of likely N-dealkylation sites (N-methyl/N-ethyl adjacent to an activating group) is 1. The third-order valence-electron chi connectivity index (χ3n) is 6.59. The molecule has 0 bridgehead atoms. The summed E-state index contributed by atoms with van der Waals surface area (Å²) in [5, 5.41) is 5.49. The molecule has 2 unspecified atom stereocenters. The third-order valence-corrected chi connectivity index (χ3v) is 8.50. The molecule has 1 aromatic rings. The van der Waals surface area contributed by atoms with Crippen LogP contribution >= 0.6 is 0 Å². The number of hydrogen-bond donors (Lipinski definition) is 2. The van der Waals surface area contributed by atoms with Gasteiger partial charge in [-0.2, -0.15) is 4.31 Å². The highest BCUT2D eigenvalue weighted by Gasteiger charge is 2.38. The van der Waals surface area contributed by atoms with Gasteiger partial charge in [-0.25, -0.2) is 8.42 Å². The van der Waals surface area contributed by atoms with Crippen molar-refractivity contribution >= 4 is 27.8 Å². The Labute approximate surface area is 228 Å². The van der Waals surface area contributed by atoms with Crippen molar-refractivity contribution in [3.05, 3.63) is 30.3 Å². The first-order valence-electron chi connectivity index (χ1n) is 13.6. The Bertz CT molecular complexity index is 1040. The molecule has 1 aliphatic rings. The molecule has 1 aliphatic heterocycles. The minimum atomic E-state index is -3.75. The van der Waals surface area contributed by atoms with E-state index in [2.05, 4.69) is 10.6 Å². The Morgan fingerprint density at radius 3 is 2.29 bits per heavy atom. The molecule has 3 atom stereocenters. The lowest BCUT2D eigenvalue weighted by atomic mass is 9.81. The molecule has 1 fully saturated rings. The van der Waals surface area contributed by atoms with Gasteiger partial charge >= 0.3 is 5.97 Å². The highest BCUT2D eigenvalue weighted by atomic mass is 32.2. The van der Waals surface area contributed by atoms with E-state index in [1.165, 1.54) is 11.4 Å². The summed E-state index contributed by atoms with van der Waals surface area (Å²) in [7, 11) is -2.24. The van der Waals surface area contributed by atoms with Crippen LogP contribution < -0.4 is 10.6 Å². The fraction of sp³-hybridized carbons (Fsp3) is 0.679. The normalized spacial score (nSPS) is 22.9. The quantitative estimate of drug-likeness (QED) is 0.522. The van der Waals surface area contributed by atoms with Crippen molar-refractivity contribution in [2.75, 3.05) is 20.1 Å². The van der Waals surface area contributed by atoms with Gasteiger partial charge in [0.2, 0.25) is 21.8 Å². The van der Waals surface area contributed by atoms with Crippen LogP contribution in [0.3, 0.4) is 0 Å². The first-order chi connectivity index (χ1) is 17.8. The van der Waals surface area contributed by atoms with Crippen molar-refractivity contribution in [3.63, 3.8) is 0 Å². The Balaban J connectivity index is 2.46. The molecule has 0 spiro atoms. The zero-order valence-corrected chi connectivity index (χ0v) is 24.5. The van der Waals surface area contributed by atoms with E-state index in [0.29, 0.717) is 32.1 Å². The van der Waals surface area contributed by atoms with Crippen molar-refractivity contribution in [2.45, 2.75) is 89.7 Å². The fourth-order valence-electron chi connectivity index (χ4n) is 4.76. The maximum absolute atomic E-state index is 13.6. The lowest BCUT2D eigenvalue weighted by Gasteiger charge is -2.31. The summed E-state index contributed by atoms with van der Waals surface area (Å²) in [5.74, 6) is -2.53. The fourth-order valence-corrected chi connectivity index (χ4v) is 6.30. The molecule has 2 rings (SSSR count). The molecule has 10 heteroatoms. The molecule has 214 valence electrons. The molecule has 2 amide bonds. The van der Waals surface area contributed by atoms with Crippen LogP contribution in [0.1, 0.15) is 73.1 Å². The summed E-state index contributed by atoms with van der Waals surface area (Å²) in [6, 6.07) is 7.51. The molecule has 0 aliphatic carbocycles. The molecule has 1 aromatic carbocycles. The largest absolute Gasteiger partial charge is 0.460 e. The third kappa shape index (κ3) is 9.38. The predicted molar refractivity (Wildman–Crippen MR) is 147 cm³/mol. The monoisotopic (exact) mass is 551 g/mol. The van der Waals surface area contributed by atoms with Gasteiger partial charge in [-0.05, 0) is 77.3 Å². The van der Waals surface area contributed by atoms with E-state index < -0.39 is 39.5 Å². The average molecular weight is 552 g/mol. The van der Waals surface area contributed by atoms with E-state index in [-0.39, 0.29) is 42.1 Å². The first kappa shape index (κ1) is 31.8. The summed E-state index contributed by atoms with van der Waals surface area (Å²) < 4.78 is 34.1. The molecule has 0 saturated carbocycles. The zero-order chi connectivity index (χ0) is 28.5. The van der Waals surface area contributed by atoms with Gasteiger partial charge in [0.05, 0.1) is 16.7 Å². The van der Waals surface area contributed by atoms with E-state index in [9.17, 15) is 22.8 Å². The minimum Gasteiger partial charge on any atom is -0.460 e. The minimum absolute atomic E-state index is 0.111. The van der Waals surface area contributed by atoms with Gasteiger partial charge < -0.3 is 15.4 Å². The highest BCUT2D eigenvalue weighted by Crippen LogP contribution is 2.29. The molecule has 9 nitrogen and oxygen atoms in total. The van der Waals surface area contributed by atoms with Crippen molar-refractivity contribution in [2.24, 2.45) is 17.8 Å². The van der Waals surface area contributed by atoms with Crippen LogP contribution in [0, 0.1) is 17.8 Å². The highest BCUT2D eigenvalue weighted by molar-refractivity contribution is 7.89.